The molecule has 54 valence electrons. The third kappa shape index (κ3) is 1.21. The first-order valence-electron chi connectivity index (χ1n) is 2.54. The molecule has 0 aromatic heterocycles. The minimum Gasteiger partial charge on any atom is -0.507 e. The van der Waals surface area contributed by atoms with Crippen molar-refractivity contribution in [2.24, 2.45) is 0 Å². The summed E-state index contributed by atoms with van der Waals surface area (Å²) in [6.45, 7) is 0. The molecule has 0 saturated carbocycles. The maximum Gasteiger partial charge on any atom is 0.149 e. The summed E-state index contributed by atoms with van der Waals surface area (Å²) in [5.74, 6) is -0.757. The van der Waals surface area contributed by atoms with Gasteiger partial charge in [-0.15, -0.1) is 0 Å². The highest BCUT2D eigenvalue weighted by Crippen LogP contribution is 2.27. The number of nitrogen functional groups attached to an aromatic ring is 1. The van der Waals surface area contributed by atoms with Crippen LogP contribution in [0.1, 0.15) is 0 Å². The number of benzene rings is 1. The van der Waals surface area contributed by atoms with Crippen LogP contribution in [0.15, 0.2) is 16.6 Å². The lowest BCUT2D eigenvalue weighted by molar-refractivity contribution is 0.466. The third-order valence-corrected chi connectivity index (χ3v) is 1.70. The van der Waals surface area contributed by atoms with Crippen LogP contribution < -0.4 is 5.73 Å². The summed E-state index contributed by atoms with van der Waals surface area (Å²) in [6, 6.07) is 2.27. The number of nitrogens with two attached hydrogens (primary N) is 1. The highest BCUT2D eigenvalue weighted by atomic mass is 79.9. The molecular weight excluding hydrogens is 201 g/mol. The largest absolute Gasteiger partial charge is 0.507 e. The zero-order valence-corrected chi connectivity index (χ0v) is 6.52. The lowest BCUT2D eigenvalue weighted by Crippen LogP contribution is -1.89. The van der Waals surface area contributed by atoms with Crippen molar-refractivity contribution >= 4 is 21.6 Å². The van der Waals surface area contributed by atoms with E-state index < -0.39 is 5.82 Å². The molecule has 0 fully saturated rings. The normalized spacial score (nSPS) is 9.80. The second-order valence-electron chi connectivity index (χ2n) is 1.83. The molecule has 1 rings (SSSR count). The van der Waals surface area contributed by atoms with Gasteiger partial charge in [0.2, 0.25) is 0 Å². The van der Waals surface area contributed by atoms with E-state index in [1.165, 1.54) is 6.07 Å². The van der Waals surface area contributed by atoms with Crippen LogP contribution in [0.25, 0.3) is 0 Å². The molecule has 0 saturated heterocycles. The van der Waals surface area contributed by atoms with Crippen molar-refractivity contribution in [1.82, 2.24) is 0 Å². The van der Waals surface area contributed by atoms with Crippen LogP contribution in [0, 0.1) is 5.82 Å². The van der Waals surface area contributed by atoms with Crippen molar-refractivity contribution in [3.63, 3.8) is 0 Å². The Balaban J connectivity index is 3.28. The molecule has 0 aliphatic heterocycles. The fourth-order valence-electron chi connectivity index (χ4n) is 0.552. The standard InChI is InChI=1S/C6H5BrFNO/c7-3-1-5(9)4(8)2-6(3)10/h1-2,10H,9H2. The number of aromatic hydroxyl groups is 1. The van der Waals surface area contributed by atoms with E-state index in [0.717, 1.165) is 6.07 Å². The predicted molar refractivity (Wildman–Crippen MR) is 40.2 cm³/mol. The monoisotopic (exact) mass is 205 g/mol. The molecule has 3 N–H and O–H groups in total. The van der Waals surface area contributed by atoms with Crippen LogP contribution in [0.2, 0.25) is 0 Å². The van der Waals surface area contributed by atoms with Gasteiger partial charge in [0.25, 0.3) is 0 Å². The van der Waals surface area contributed by atoms with E-state index in [4.69, 9.17) is 10.8 Å². The van der Waals surface area contributed by atoms with Gasteiger partial charge < -0.3 is 10.8 Å². The third-order valence-electron chi connectivity index (χ3n) is 1.07. The maximum atomic E-state index is 12.5. The second kappa shape index (κ2) is 2.46. The molecular formula is C6H5BrFNO. The van der Waals surface area contributed by atoms with Crippen LogP contribution in [0.3, 0.4) is 0 Å². The Morgan fingerprint density at radius 3 is 2.60 bits per heavy atom. The summed E-state index contributed by atoms with van der Waals surface area (Å²) in [7, 11) is 0. The molecule has 10 heavy (non-hydrogen) atoms. The molecule has 0 amide bonds. The number of hydrogen-bond acceptors (Lipinski definition) is 2. The summed E-state index contributed by atoms with van der Waals surface area (Å²) in [6.07, 6.45) is 0. The van der Waals surface area contributed by atoms with Gasteiger partial charge in [0.15, 0.2) is 0 Å². The number of phenols is 1. The molecule has 2 nitrogen and oxygen atoms in total. The smallest absolute Gasteiger partial charge is 0.149 e. The van der Waals surface area contributed by atoms with E-state index >= 15 is 0 Å². The zero-order valence-electron chi connectivity index (χ0n) is 4.94. The number of hydrogen-bond donors (Lipinski definition) is 2. The van der Waals surface area contributed by atoms with Gasteiger partial charge in [-0.25, -0.2) is 4.39 Å². The molecule has 1 aromatic carbocycles. The lowest BCUT2D eigenvalue weighted by Gasteiger charge is -1.98. The SMILES string of the molecule is Nc1cc(Br)c(O)cc1F. The van der Waals surface area contributed by atoms with E-state index in [9.17, 15) is 4.39 Å². The minimum absolute atomic E-state index is 0.0182. The molecule has 0 aliphatic carbocycles. The molecule has 4 heteroatoms. The number of halogens is 2. The summed E-state index contributed by atoms with van der Waals surface area (Å²) in [4.78, 5) is 0. The molecule has 0 atom stereocenters. The van der Waals surface area contributed by atoms with E-state index in [1.807, 2.05) is 0 Å². The van der Waals surface area contributed by atoms with E-state index in [2.05, 4.69) is 15.9 Å². The summed E-state index contributed by atoms with van der Waals surface area (Å²) < 4.78 is 12.8. The van der Waals surface area contributed by atoms with Crippen molar-refractivity contribution in [3.8, 4) is 5.75 Å². The highest BCUT2D eigenvalue weighted by molar-refractivity contribution is 9.10. The van der Waals surface area contributed by atoms with Gasteiger partial charge >= 0.3 is 0 Å². The predicted octanol–water partition coefficient (Wildman–Crippen LogP) is 1.88. The van der Waals surface area contributed by atoms with Crippen molar-refractivity contribution in [2.75, 3.05) is 5.73 Å². The molecule has 0 unspecified atom stereocenters. The summed E-state index contributed by atoms with van der Waals surface area (Å²) in [5.41, 5.74) is 5.19. The molecule has 0 heterocycles. The van der Waals surface area contributed by atoms with Gasteiger partial charge in [0.1, 0.15) is 11.6 Å². The topological polar surface area (TPSA) is 46.2 Å². The fourth-order valence-corrected chi connectivity index (χ4v) is 0.913. The average Bonchev–Trinajstić information content (AvgIpc) is 1.84. The Hall–Kier alpha value is -0.770. The Kier molecular flexibility index (Phi) is 1.80. The molecule has 0 aliphatic rings. The fraction of sp³-hybridized carbons (Fsp3) is 0. The Morgan fingerprint density at radius 1 is 1.50 bits per heavy atom. The first-order chi connectivity index (χ1) is 4.61. The van der Waals surface area contributed by atoms with Crippen molar-refractivity contribution < 1.29 is 9.50 Å². The van der Waals surface area contributed by atoms with Gasteiger partial charge in [-0.3, -0.25) is 0 Å². The van der Waals surface area contributed by atoms with Crippen molar-refractivity contribution in [2.45, 2.75) is 0 Å². The highest BCUT2D eigenvalue weighted by Gasteiger charge is 2.02. The number of phenolic OH excluding ortho intramolecular Hbond substituents is 1. The van der Waals surface area contributed by atoms with Gasteiger partial charge in [-0.1, -0.05) is 0 Å². The van der Waals surface area contributed by atoms with Crippen LogP contribution in [0.4, 0.5) is 10.1 Å². The first kappa shape index (κ1) is 7.34. The van der Waals surface area contributed by atoms with Gasteiger partial charge in [0, 0.05) is 6.07 Å². The van der Waals surface area contributed by atoms with E-state index in [-0.39, 0.29) is 11.4 Å². The summed E-state index contributed by atoms with van der Waals surface area (Å²) >= 11 is 2.98. The molecule has 1 aromatic rings. The quantitative estimate of drug-likeness (QED) is 0.502. The minimum atomic E-state index is -0.610. The molecule has 0 radical (unpaired) electrons. The van der Waals surface area contributed by atoms with E-state index in [1.54, 1.807) is 0 Å². The van der Waals surface area contributed by atoms with E-state index in [0.29, 0.717) is 4.47 Å². The van der Waals surface area contributed by atoms with Crippen LogP contribution in [-0.2, 0) is 0 Å². The van der Waals surface area contributed by atoms with Gasteiger partial charge in [-0.05, 0) is 22.0 Å². The lowest BCUT2D eigenvalue weighted by atomic mass is 10.3. The Labute approximate surface area is 65.6 Å². The van der Waals surface area contributed by atoms with Crippen molar-refractivity contribution in [3.05, 3.63) is 22.4 Å². The second-order valence-corrected chi connectivity index (χ2v) is 2.68. The molecule has 0 spiro atoms. The van der Waals surface area contributed by atoms with Crippen LogP contribution in [-0.4, -0.2) is 5.11 Å². The Bertz CT molecular complexity index is 214. The maximum absolute atomic E-state index is 12.5. The first-order valence-corrected chi connectivity index (χ1v) is 3.34. The Morgan fingerprint density at radius 2 is 2.10 bits per heavy atom. The molecule has 0 bridgehead atoms. The number of anilines is 1. The van der Waals surface area contributed by atoms with Gasteiger partial charge in [-0.2, -0.15) is 0 Å². The van der Waals surface area contributed by atoms with Crippen LogP contribution >= 0.6 is 15.9 Å². The van der Waals surface area contributed by atoms with Crippen LogP contribution in [0.5, 0.6) is 5.75 Å². The zero-order chi connectivity index (χ0) is 7.72. The number of rotatable bonds is 0. The average molecular weight is 206 g/mol. The van der Waals surface area contributed by atoms with Crippen molar-refractivity contribution in [1.29, 1.82) is 0 Å². The summed E-state index contributed by atoms with van der Waals surface area (Å²) in [5, 5.41) is 8.88. The van der Waals surface area contributed by atoms with Gasteiger partial charge in [0.05, 0.1) is 10.2 Å².